The number of hydrogen-bond donors (Lipinski definition) is 2. The average Bonchev–Trinajstić information content (AvgIpc) is 2.12. The molecule has 0 unspecified atom stereocenters. The second-order valence-corrected chi connectivity index (χ2v) is 1.89. The Morgan fingerprint density at radius 3 is 2.67 bits per heavy atom. The van der Waals surface area contributed by atoms with Gasteiger partial charge in [-0.25, -0.2) is 0 Å². The maximum atomic E-state index is 10.3. The predicted molar refractivity (Wildman–Crippen MR) is 29.9 cm³/mol. The minimum absolute atomic E-state index is 0. The summed E-state index contributed by atoms with van der Waals surface area (Å²) in [6.45, 7) is 0.813. The molecule has 3 N–H and O–H groups in total. The van der Waals surface area contributed by atoms with E-state index in [-0.39, 0.29) is 44.7 Å². The Morgan fingerprint density at radius 1 is 1.78 bits per heavy atom. The van der Waals surface area contributed by atoms with Crippen LogP contribution in [0.4, 0.5) is 0 Å². The number of primary amides is 1. The van der Waals surface area contributed by atoms with Gasteiger partial charge in [-0.05, 0) is 0 Å². The summed E-state index contributed by atoms with van der Waals surface area (Å²) in [5, 5.41) is 2.93. The number of nitrogens with two attached hydrogens (primary N) is 1. The van der Waals surface area contributed by atoms with Gasteiger partial charge in [0.2, 0.25) is 5.91 Å². The van der Waals surface area contributed by atoms with Gasteiger partial charge < -0.3 is 17.5 Å². The van der Waals surface area contributed by atoms with Crippen LogP contribution in [0.3, 0.4) is 0 Å². The van der Waals surface area contributed by atoms with Crippen LogP contribution in [0.15, 0.2) is 0 Å². The molecule has 0 bridgehead atoms. The first-order valence-electron chi connectivity index (χ1n) is 2.65. The molecule has 0 aromatic rings. The number of amides is 1. The van der Waals surface area contributed by atoms with Gasteiger partial charge in [0.1, 0.15) is 0 Å². The molecule has 0 aliphatic carbocycles. The maximum Gasteiger partial charge on any atom is 0.231 e. The molecule has 0 aromatic heterocycles. The quantitative estimate of drug-likeness (QED) is 0.538. The second-order valence-electron chi connectivity index (χ2n) is 1.89. The molecule has 1 aliphatic rings. The molecule has 1 fully saturated rings. The van der Waals surface area contributed by atoms with Crippen molar-refractivity contribution in [3.63, 3.8) is 0 Å². The zero-order valence-corrected chi connectivity index (χ0v) is 7.97. The van der Waals surface area contributed by atoms with Gasteiger partial charge in [-0.1, -0.05) is 0 Å². The molecule has 0 aromatic carbocycles. The first kappa shape index (κ1) is 9.53. The number of rotatable bonds is 1. The molecule has 49 valence electrons. The van der Waals surface area contributed by atoms with E-state index < -0.39 is 0 Å². The molecule has 0 saturated carbocycles. The second kappa shape index (κ2) is 4.37. The van der Waals surface area contributed by atoms with Gasteiger partial charge >= 0.3 is 0 Å². The summed E-state index contributed by atoms with van der Waals surface area (Å²) in [7, 11) is 0. The monoisotopic (exact) mass is 202 g/mol. The van der Waals surface area contributed by atoms with Crippen LogP contribution < -0.4 is 11.1 Å². The normalized spacial score (nSPS) is 25.1. The van der Waals surface area contributed by atoms with Crippen molar-refractivity contribution in [3.05, 3.63) is 6.42 Å². The fraction of sp³-hybridized carbons (Fsp3) is 0.600. The van der Waals surface area contributed by atoms with E-state index in [9.17, 15) is 4.79 Å². The van der Waals surface area contributed by atoms with Gasteiger partial charge in [0, 0.05) is 32.7 Å². The molecule has 1 saturated heterocycles. The van der Waals surface area contributed by atoms with Crippen molar-refractivity contribution < 1.29 is 37.5 Å². The number of carbonyl (C=O) groups is 1. The third kappa shape index (κ3) is 2.74. The maximum absolute atomic E-state index is 10.3. The molecule has 1 radical (unpaired) electrons. The zero-order valence-electron chi connectivity index (χ0n) is 5.13. The van der Waals surface area contributed by atoms with Gasteiger partial charge in [0.15, 0.2) is 0 Å². The van der Waals surface area contributed by atoms with E-state index in [0.717, 1.165) is 13.0 Å². The van der Waals surface area contributed by atoms with Crippen molar-refractivity contribution in [2.75, 3.05) is 6.54 Å². The fourth-order valence-electron chi connectivity index (χ4n) is 0.776. The summed E-state index contributed by atoms with van der Waals surface area (Å²) in [5.41, 5.74) is 4.98. The largest absolute Gasteiger partial charge is 0.368 e. The Hall–Kier alpha value is 0.534. The summed E-state index contributed by atoms with van der Waals surface area (Å²) in [6, 6.07) is -0.102. The van der Waals surface area contributed by atoms with Gasteiger partial charge in [-0.3, -0.25) is 4.79 Å². The molecular formula is C5H9N2OY-. The zero-order chi connectivity index (χ0) is 5.98. The molecule has 1 atom stereocenters. The van der Waals surface area contributed by atoms with Gasteiger partial charge in [0.05, 0.1) is 6.04 Å². The summed E-state index contributed by atoms with van der Waals surface area (Å²) < 4.78 is 0. The smallest absolute Gasteiger partial charge is 0.231 e. The van der Waals surface area contributed by atoms with Crippen LogP contribution in [0, 0.1) is 6.42 Å². The van der Waals surface area contributed by atoms with E-state index in [1.807, 2.05) is 6.42 Å². The summed E-state index contributed by atoms with van der Waals surface area (Å²) in [5.74, 6) is -0.251. The number of hydrogen-bond acceptors (Lipinski definition) is 2. The van der Waals surface area contributed by atoms with Crippen LogP contribution in [0.25, 0.3) is 0 Å². The molecule has 0 spiro atoms. The van der Waals surface area contributed by atoms with Crippen LogP contribution >= 0.6 is 0 Å². The van der Waals surface area contributed by atoms with E-state index >= 15 is 0 Å². The Morgan fingerprint density at radius 2 is 2.44 bits per heavy atom. The van der Waals surface area contributed by atoms with Gasteiger partial charge in [-0.15, -0.1) is 6.54 Å². The topological polar surface area (TPSA) is 55.1 Å². The Bertz CT molecular complexity index is 101. The molecule has 3 nitrogen and oxygen atoms in total. The van der Waals surface area contributed by atoms with E-state index in [1.165, 1.54) is 0 Å². The predicted octanol–water partition coefficient (Wildman–Crippen LogP) is -0.965. The third-order valence-electron chi connectivity index (χ3n) is 1.25. The molecule has 1 heterocycles. The molecule has 1 amide bonds. The molecule has 1 aliphatic heterocycles. The Balaban J connectivity index is 0.000000640. The minimum atomic E-state index is -0.251. The Kier molecular flexibility index (Phi) is 4.62. The van der Waals surface area contributed by atoms with E-state index in [1.54, 1.807) is 0 Å². The minimum Gasteiger partial charge on any atom is -0.368 e. The first-order valence-corrected chi connectivity index (χ1v) is 2.65. The number of carbonyl (C=O) groups excluding carboxylic acids is 1. The van der Waals surface area contributed by atoms with Crippen molar-refractivity contribution in [3.8, 4) is 0 Å². The van der Waals surface area contributed by atoms with Gasteiger partial charge in [0.25, 0.3) is 0 Å². The molecule has 9 heavy (non-hydrogen) atoms. The summed E-state index contributed by atoms with van der Waals surface area (Å²) in [4.78, 5) is 10.3. The average molecular weight is 202 g/mol. The van der Waals surface area contributed by atoms with Crippen LogP contribution in [-0.2, 0) is 37.5 Å². The van der Waals surface area contributed by atoms with Crippen molar-refractivity contribution in [1.82, 2.24) is 5.32 Å². The van der Waals surface area contributed by atoms with E-state index in [0.29, 0.717) is 0 Å². The van der Waals surface area contributed by atoms with Crippen LogP contribution in [0.1, 0.15) is 6.42 Å². The van der Waals surface area contributed by atoms with Crippen molar-refractivity contribution in [2.24, 2.45) is 5.73 Å². The number of nitrogens with one attached hydrogen (secondary N) is 1. The van der Waals surface area contributed by atoms with Gasteiger partial charge in [-0.2, -0.15) is 6.42 Å². The van der Waals surface area contributed by atoms with Crippen LogP contribution in [0.5, 0.6) is 0 Å². The van der Waals surface area contributed by atoms with E-state index in [2.05, 4.69) is 5.32 Å². The van der Waals surface area contributed by atoms with Crippen LogP contribution in [0.2, 0.25) is 0 Å². The van der Waals surface area contributed by atoms with Crippen LogP contribution in [-0.4, -0.2) is 18.5 Å². The molecular weight excluding hydrogens is 193 g/mol. The third-order valence-corrected chi connectivity index (χ3v) is 1.25. The summed E-state index contributed by atoms with van der Waals surface area (Å²) in [6.07, 6.45) is 2.80. The molecule has 4 heteroatoms. The first-order chi connectivity index (χ1) is 3.80. The summed E-state index contributed by atoms with van der Waals surface area (Å²) >= 11 is 0. The molecule has 1 rings (SSSR count). The standard InChI is InChI=1S/C5H9N2O.Y/c6-5(8)4-2-1-3-7-4;/h1,4,7H,2-3H2,(H2,6,8);/q-1;/t4-;/m0./s1. The van der Waals surface area contributed by atoms with Crippen molar-refractivity contribution in [2.45, 2.75) is 12.5 Å². The van der Waals surface area contributed by atoms with E-state index in [4.69, 9.17) is 5.73 Å². The van der Waals surface area contributed by atoms with Crippen molar-refractivity contribution in [1.29, 1.82) is 0 Å². The Labute approximate surface area is 79.6 Å². The fourth-order valence-corrected chi connectivity index (χ4v) is 0.776. The SMILES string of the molecule is NC(=O)[C@@H]1C[CH-]CN1.[Y]. The van der Waals surface area contributed by atoms with Crippen molar-refractivity contribution >= 4 is 5.91 Å².